The molecule has 2 atom stereocenters. The summed E-state index contributed by atoms with van der Waals surface area (Å²) in [6.45, 7) is 4.88. The predicted octanol–water partition coefficient (Wildman–Crippen LogP) is 3.40. The third-order valence-corrected chi connectivity index (χ3v) is 6.86. The van der Waals surface area contributed by atoms with Gasteiger partial charge in [0, 0.05) is 44.3 Å². The van der Waals surface area contributed by atoms with Crippen molar-refractivity contribution in [2.45, 2.75) is 38.4 Å². The molecule has 0 saturated carbocycles. The Bertz CT molecular complexity index is 1120. The third kappa shape index (κ3) is 6.59. The predicted molar refractivity (Wildman–Crippen MR) is 143 cm³/mol. The third-order valence-electron chi connectivity index (χ3n) is 6.86. The van der Waals surface area contributed by atoms with E-state index in [-0.39, 0.29) is 17.9 Å². The SMILES string of the molecule is Cc1ccc(C(=O)N2CC(N(CCc3ccccc3)Cc3ccccc3)CC2C(=O)NCCN)cc1. The van der Waals surface area contributed by atoms with Gasteiger partial charge < -0.3 is 16.0 Å². The minimum Gasteiger partial charge on any atom is -0.353 e. The van der Waals surface area contributed by atoms with Crippen molar-refractivity contribution in [2.24, 2.45) is 5.73 Å². The van der Waals surface area contributed by atoms with E-state index in [1.54, 1.807) is 4.90 Å². The van der Waals surface area contributed by atoms with E-state index in [1.807, 2.05) is 43.3 Å². The Kier molecular flexibility index (Phi) is 8.87. The number of aryl methyl sites for hydroxylation is 1. The van der Waals surface area contributed by atoms with Crippen LogP contribution in [0.15, 0.2) is 84.9 Å². The van der Waals surface area contributed by atoms with Gasteiger partial charge in [-0.2, -0.15) is 0 Å². The molecule has 1 aliphatic rings. The van der Waals surface area contributed by atoms with Crippen LogP contribution >= 0.6 is 0 Å². The van der Waals surface area contributed by atoms with Gasteiger partial charge in [0.05, 0.1) is 0 Å². The van der Waals surface area contributed by atoms with E-state index in [4.69, 9.17) is 5.73 Å². The lowest BCUT2D eigenvalue weighted by atomic mass is 10.1. The maximum absolute atomic E-state index is 13.6. The molecule has 2 amide bonds. The van der Waals surface area contributed by atoms with Crippen LogP contribution in [0.2, 0.25) is 0 Å². The number of hydrogen-bond acceptors (Lipinski definition) is 4. The Labute approximate surface area is 214 Å². The first kappa shape index (κ1) is 25.6. The van der Waals surface area contributed by atoms with Crippen LogP contribution in [0, 0.1) is 6.92 Å². The molecule has 6 heteroatoms. The van der Waals surface area contributed by atoms with Crippen molar-refractivity contribution in [2.75, 3.05) is 26.2 Å². The van der Waals surface area contributed by atoms with Crippen LogP contribution in [0.5, 0.6) is 0 Å². The van der Waals surface area contributed by atoms with Gasteiger partial charge in [0.15, 0.2) is 0 Å². The lowest BCUT2D eigenvalue weighted by molar-refractivity contribution is -0.124. The summed E-state index contributed by atoms with van der Waals surface area (Å²) in [6, 6.07) is 27.9. The Morgan fingerprint density at radius 3 is 2.22 bits per heavy atom. The number of carbonyl (C=O) groups excluding carboxylic acids is 2. The largest absolute Gasteiger partial charge is 0.353 e. The van der Waals surface area contributed by atoms with E-state index in [1.165, 1.54) is 11.1 Å². The van der Waals surface area contributed by atoms with Crippen molar-refractivity contribution in [1.82, 2.24) is 15.1 Å². The number of rotatable bonds is 10. The van der Waals surface area contributed by atoms with E-state index in [2.05, 4.69) is 58.7 Å². The van der Waals surface area contributed by atoms with Gasteiger partial charge in [0.25, 0.3) is 5.91 Å². The number of benzene rings is 3. The van der Waals surface area contributed by atoms with Crippen molar-refractivity contribution in [3.8, 4) is 0 Å². The highest BCUT2D eigenvalue weighted by molar-refractivity contribution is 5.98. The summed E-state index contributed by atoms with van der Waals surface area (Å²) in [7, 11) is 0. The van der Waals surface area contributed by atoms with E-state index in [0.717, 1.165) is 25.1 Å². The van der Waals surface area contributed by atoms with Crippen molar-refractivity contribution < 1.29 is 9.59 Å². The summed E-state index contributed by atoms with van der Waals surface area (Å²) in [5.74, 6) is -0.237. The molecular weight excluding hydrogens is 448 g/mol. The molecule has 0 aromatic heterocycles. The molecule has 0 radical (unpaired) electrons. The average molecular weight is 485 g/mol. The molecule has 1 aliphatic heterocycles. The van der Waals surface area contributed by atoms with Gasteiger partial charge in [-0.15, -0.1) is 0 Å². The zero-order chi connectivity index (χ0) is 25.3. The minimum atomic E-state index is -0.523. The highest BCUT2D eigenvalue weighted by Gasteiger charge is 2.41. The zero-order valence-corrected chi connectivity index (χ0v) is 21.0. The number of carbonyl (C=O) groups is 2. The fourth-order valence-corrected chi connectivity index (χ4v) is 4.85. The fourth-order valence-electron chi connectivity index (χ4n) is 4.85. The fraction of sp³-hybridized carbons (Fsp3) is 0.333. The van der Waals surface area contributed by atoms with Crippen LogP contribution in [-0.4, -0.2) is 59.9 Å². The molecule has 1 saturated heterocycles. The Morgan fingerprint density at radius 1 is 0.944 bits per heavy atom. The number of nitrogens with two attached hydrogens (primary N) is 1. The second-order valence-corrected chi connectivity index (χ2v) is 9.50. The highest BCUT2D eigenvalue weighted by atomic mass is 16.2. The molecule has 4 rings (SSSR count). The van der Waals surface area contributed by atoms with Crippen molar-refractivity contribution in [3.63, 3.8) is 0 Å². The lowest BCUT2D eigenvalue weighted by Gasteiger charge is -2.29. The van der Waals surface area contributed by atoms with Gasteiger partial charge in [0.1, 0.15) is 6.04 Å². The monoisotopic (exact) mass is 484 g/mol. The number of nitrogens with one attached hydrogen (secondary N) is 1. The van der Waals surface area contributed by atoms with Crippen LogP contribution < -0.4 is 11.1 Å². The van der Waals surface area contributed by atoms with Crippen LogP contribution in [0.4, 0.5) is 0 Å². The van der Waals surface area contributed by atoms with Crippen molar-refractivity contribution in [3.05, 3.63) is 107 Å². The first-order chi connectivity index (χ1) is 17.5. The Morgan fingerprint density at radius 2 is 1.58 bits per heavy atom. The molecular formula is C30H36N4O2. The molecule has 3 N–H and O–H groups in total. The van der Waals surface area contributed by atoms with E-state index >= 15 is 0 Å². The topological polar surface area (TPSA) is 78.7 Å². The van der Waals surface area contributed by atoms with Gasteiger partial charge in [-0.05, 0) is 43.0 Å². The second kappa shape index (κ2) is 12.5. The molecule has 1 heterocycles. The summed E-state index contributed by atoms with van der Waals surface area (Å²) >= 11 is 0. The standard InChI is InChI=1S/C30H36N4O2/c1-23-12-14-26(15-13-23)30(36)34-22-27(20-28(34)29(35)32-18-17-31)33(21-25-10-6-3-7-11-25)19-16-24-8-4-2-5-9-24/h2-15,27-28H,16-22,31H2,1H3,(H,32,35). The smallest absolute Gasteiger partial charge is 0.254 e. The molecule has 6 nitrogen and oxygen atoms in total. The summed E-state index contributed by atoms with van der Waals surface area (Å²) in [5.41, 5.74) is 9.83. The second-order valence-electron chi connectivity index (χ2n) is 9.50. The quantitative estimate of drug-likeness (QED) is 0.462. The molecule has 3 aromatic rings. The first-order valence-corrected chi connectivity index (χ1v) is 12.7. The lowest BCUT2D eigenvalue weighted by Crippen LogP contribution is -2.47. The molecule has 0 aliphatic carbocycles. The Balaban J connectivity index is 1.57. The van der Waals surface area contributed by atoms with E-state index in [9.17, 15) is 9.59 Å². The zero-order valence-electron chi connectivity index (χ0n) is 21.0. The maximum Gasteiger partial charge on any atom is 0.254 e. The van der Waals surface area contributed by atoms with Gasteiger partial charge in [0.2, 0.25) is 5.91 Å². The van der Waals surface area contributed by atoms with Gasteiger partial charge in [-0.1, -0.05) is 78.4 Å². The highest BCUT2D eigenvalue weighted by Crippen LogP contribution is 2.26. The van der Waals surface area contributed by atoms with Crippen LogP contribution in [0.25, 0.3) is 0 Å². The number of nitrogens with zero attached hydrogens (tertiary/aromatic N) is 2. The van der Waals surface area contributed by atoms with Gasteiger partial charge in [-0.3, -0.25) is 14.5 Å². The van der Waals surface area contributed by atoms with Crippen LogP contribution in [0.1, 0.15) is 33.5 Å². The molecule has 2 unspecified atom stereocenters. The number of amides is 2. The summed E-state index contributed by atoms with van der Waals surface area (Å²) in [5, 5.41) is 2.91. The summed E-state index contributed by atoms with van der Waals surface area (Å²) in [4.78, 5) is 30.9. The molecule has 0 bridgehead atoms. The molecule has 36 heavy (non-hydrogen) atoms. The van der Waals surface area contributed by atoms with E-state index < -0.39 is 6.04 Å². The summed E-state index contributed by atoms with van der Waals surface area (Å²) < 4.78 is 0. The van der Waals surface area contributed by atoms with Crippen LogP contribution in [0.3, 0.4) is 0 Å². The van der Waals surface area contributed by atoms with Gasteiger partial charge in [-0.25, -0.2) is 0 Å². The Hall–Kier alpha value is -3.48. The molecule has 3 aromatic carbocycles. The van der Waals surface area contributed by atoms with Gasteiger partial charge >= 0.3 is 0 Å². The molecule has 1 fully saturated rings. The average Bonchev–Trinajstić information content (AvgIpc) is 3.36. The van der Waals surface area contributed by atoms with Crippen molar-refractivity contribution >= 4 is 11.8 Å². The number of hydrogen-bond donors (Lipinski definition) is 2. The van der Waals surface area contributed by atoms with Crippen molar-refractivity contribution in [1.29, 1.82) is 0 Å². The summed E-state index contributed by atoms with van der Waals surface area (Å²) in [6.07, 6.45) is 1.50. The minimum absolute atomic E-state index is 0.0666. The normalized spacial score (nSPS) is 17.4. The number of likely N-dealkylation sites (tertiary alicyclic amines) is 1. The molecule has 188 valence electrons. The van der Waals surface area contributed by atoms with E-state index in [0.29, 0.717) is 31.6 Å². The molecule has 0 spiro atoms. The first-order valence-electron chi connectivity index (χ1n) is 12.7. The maximum atomic E-state index is 13.6. The van der Waals surface area contributed by atoms with Crippen LogP contribution in [-0.2, 0) is 17.8 Å².